The van der Waals surface area contributed by atoms with Gasteiger partial charge in [-0.2, -0.15) is 13.2 Å². The summed E-state index contributed by atoms with van der Waals surface area (Å²) in [5, 5.41) is 8.45. The van der Waals surface area contributed by atoms with Gasteiger partial charge in [-0.1, -0.05) is 19.1 Å². The van der Waals surface area contributed by atoms with Crippen LogP contribution in [0.5, 0.6) is 5.75 Å². The second kappa shape index (κ2) is 5.75. The Labute approximate surface area is 102 Å². The minimum absolute atomic E-state index is 0.0259. The third-order valence-electron chi connectivity index (χ3n) is 2.31. The summed E-state index contributed by atoms with van der Waals surface area (Å²) in [4.78, 5) is 10.4. The van der Waals surface area contributed by atoms with Crippen LogP contribution in [0.25, 0.3) is 0 Å². The van der Waals surface area contributed by atoms with Crippen LogP contribution in [0, 0.1) is 0 Å². The van der Waals surface area contributed by atoms with Gasteiger partial charge in [-0.3, -0.25) is 4.79 Å². The summed E-state index contributed by atoms with van der Waals surface area (Å²) in [6, 6.07) is 6.18. The van der Waals surface area contributed by atoms with E-state index in [1.165, 1.54) is 12.1 Å². The summed E-state index contributed by atoms with van der Waals surface area (Å²) in [7, 11) is 0. The number of benzene rings is 1. The molecule has 100 valence electrons. The Morgan fingerprint density at radius 1 is 1.44 bits per heavy atom. The molecule has 1 aromatic carbocycles. The molecule has 0 bridgehead atoms. The molecule has 0 amide bonds. The number of hydrogen-bond acceptors (Lipinski definition) is 2. The quantitative estimate of drug-likeness (QED) is 0.887. The number of ether oxygens (including phenoxy) is 1. The first kappa shape index (κ1) is 14.3. The third-order valence-corrected chi connectivity index (χ3v) is 2.31. The number of alkyl halides is 3. The molecule has 6 heteroatoms. The first-order chi connectivity index (χ1) is 8.32. The van der Waals surface area contributed by atoms with Gasteiger partial charge < -0.3 is 9.84 Å². The highest BCUT2D eigenvalue weighted by Gasteiger charge is 2.43. The molecule has 1 rings (SSSR count). The van der Waals surface area contributed by atoms with E-state index in [0.717, 1.165) is 5.56 Å². The summed E-state index contributed by atoms with van der Waals surface area (Å²) < 4.78 is 42.4. The monoisotopic (exact) mass is 262 g/mol. The van der Waals surface area contributed by atoms with Gasteiger partial charge in [0.1, 0.15) is 5.75 Å². The molecule has 0 aliphatic heterocycles. The fraction of sp³-hybridized carbons (Fsp3) is 0.417. The molecule has 18 heavy (non-hydrogen) atoms. The zero-order valence-electron chi connectivity index (χ0n) is 9.70. The highest BCUT2D eigenvalue weighted by atomic mass is 19.4. The maximum absolute atomic E-state index is 12.6. The standard InChI is InChI=1S/C12H13F3O3/c1-2-8-4-3-5-9(6-8)18-10(7-11(16)17)12(13,14)15/h3-6,10H,2,7H2,1H3,(H,16,17). The lowest BCUT2D eigenvalue weighted by molar-refractivity contribution is -0.200. The number of carboxylic acids is 1. The van der Waals surface area contributed by atoms with E-state index in [0.29, 0.717) is 6.42 Å². The van der Waals surface area contributed by atoms with Crippen molar-refractivity contribution in [3.8, 4) is 5.75 Å². The third kappa shape index (κ3) is 4.27. The normalized spacial score (nSPS) is 13.1. The van der Waals surface area contributed by atoms with Crippen molar-refractivity contribution in [2.75, 3.05) is 0 Å². The van der Waals surface area contributed by atoms with Crippen molar-refractivity contribution >= 4 is 5.97 Å². The van der Waals surface area contributed by atoms with Gasteiger partial charge in [0.25, 0.3) is 0 Å². The Morgan fingerprint density at radius 2 is 2.11 bits per heavy atom. The maximum atomic E-state index is 12.6. The Kier molecular flexibility index (Phi) is 4.58. The molecule has 0 saturated heterocycles. The molecule has 0 aromatic heterocycles. The molecule has 0 fully saturated rings. The fourth-order valence-corrected chi connectivity index (χ4v) is 1.39. The van der Waals surface area contributed by atoms with Crippen LogP contribution in [0.4, 0.5) is 13.2 Å². The van der Waals surface area contributed by atoms with E-state index in [9.17, 15) is 18.0 Å². The number of aliphatic carboxylic acids is 1. The summed E-state index contributed by atoms with van der Waals surface area (Å²) >= 11 is 0. The van der Waals surface area contributed by atoms with Crippen molar-refractivity contribution in [1.82, 2.24) is 0 Å². The second-order valence-electron chi connectivity index (χ2n) is 3.75. The van der Waals surface area contributed by atoms with Crippen LogP contribution < -0.4 is 4.74 Å². The smallest absolute Gasteiger partial charge is 0.425 e. The minimum Gasteiger partial charge on any atom is -0.481 e. The van der Waals surface area contributed by atoms with Crippen LogP contribution in [0.15, 0.2) is 24.3 Å². The van der Waals surface area contributed by atoms with E-state index in [1.54, 1.807) is 12.1 Å². The predicted octanol–water partition coefficient (Wildman–Crippen LogP) is 3.03. The molecule has 0 heterocycles. The lowest BCUT2D eigenvalue weighted by Gasteiger charge is -2.20. The molecule has 1 aromatic rings. The van der Waals surface area contributed by atoms with Crippen LogP contribution in [0.3, 0.4) is 0 Å². The first-order valence-corrected chi connectivity index (χ1v) is 5.37. The number of rotatable bonds is 5. The SMILES string of the molecule is CCc1cccc(OC(CC(=O)O)C(F)(F)F)c1. The molecule has 0 saturated carbocycles. The topological polar surface area (TPSA) is 46.5 Å². The molecule has 1 N–H and O–H groups in total. The van der Waals surface area contributed by atoms with Gasteiger partial charge in [0.05, 0.1) is 6.42 Å². The molecular formula is C12H13F3O3. The number of carboxylic acid groups (broad SMARTS) is 1. The average molecular weight is 262 g/mol. The lowest BCUT2D eigenvalue weighted by atomic mass is 10.1. The largest absolute Gasteiger partial charge is 0.481 e. The lowest BCUT2D eigenvalue weighted by Crippen LogP contribution is -2.36. The maximum Gasteiger partial charge on any atom is 0.425 e. The van der Waals surface area contributed by atoms with Crippen LogP contribution in [-0.2, 0) is 11.2 Å². The Hall–Kier alpha value is -1.72. The van der Waals surface area contributed by atoms with E-state index in [-0.39, 0.29) is 5.75 Å². The highest BCUT2D eigenvalue weighted by Crippen LogP contribution is 2.27. The van der Waals surface area contributed by atoms with E-state index in [1.807, 2.05) is 6.92 Å². The van der Waals surface area contributed by atoms with Crippen molar-refractivity contribution in [1.29, 1.82) is 0 Å². The van der Waals surface area contributed by atoms with Gasteiger partial charge in [-0.25, -0.2) is 0 Å². The molecular weight excluding hydrogens is 249 g/mol. The number of aryl methyl sites for hydroxylation is 1. The molecule has 0 radical (unpaired) electrons. The van der Waals surface area contributed by atoms with Crippen LogP contribution in [-0.4, -0.2) is 23.4 Å². The fourth-order valence-electron chi connectivity index (χ4n) is 1.39. The number of halogens is 3. The Morgan fingerprint density at radius 3 is 2.61 bits per heavy atom. The van der Waals surface area contributed by atoms with Gasteiger partial charge in [0.2, 0.25) is 6.10 Å². The Bertz CT molecular complexity index is 415. The van der Waals surface area contributed by atoms with Crippen molar-refractivity contribution in [2.45, 2.75) is 32.0 Å². The van der Waals surface area contributed by atoms with Gasteiger partial charge >= 0.3 is 12.1 Å². The minimum atomic E-state index is -4.71. The molecule has 3 nitrogen and oxygen atoms in total. The summed E-state index contributed by atoms with van der Waals surface area (Å²) in [5.41, 5.74) is 0.823. The van der Waals surface area contributed by atoms with Crippen molar-refractivity contribution in [2.24, 2.45) is 0 Å². The summed E-state index contributed by atoms with van der Waals surface area (Å²) in [6.45, 7) is 1.86. The van der Waals surface area contributed by atoms with Crippen LogP contribution >= 0.6 is 0 Å². The molecule has 1 atom stereocenters. The van der Waals surface area contributed by atoms with E-state index in [4.69, 9.17) is 9.84 Å². The zero-order chi connectivity index (χ0) is 13.8. The predicted molar refractivity (Wildman–Crippen MR) is 58.5 cm³/mol. The highest BCUT2D eigenvalue weighted by molar-refractivity contribution is 5.67. The van der Waals surface area contributed by atoms with Crippen LogP contribution in [0.1, 0.15) is 18.9 Å². The van der Waals surface area contributed by atoms with Crippen LogP contribution in [0.2, 0.25) is 0 Å². The van der Waals surface area contributed by atoms with E-state index in [2.05, 4.69) is 0 Å². The van der Waals surface area contributed by atoms with Gasteiger partial charge in [-0.05, 0) is 24.1 Å². The van der Waals surface area contributed by atoms with E-state index < -0.39 is 24.7 Å². The molecule has 0 aliphatic carbocycles. The van der Waals surface area contributed by atoms with Gasteiger partial charge in [0, 0.05) is 0 Å². The van der Waals surface area contributed by atoms with Gasteiger partial charge in [0.15, 0.2) is 0 Å². The number of carbonyl (C=O) groups is 1. The molecule has 1 unspecified atom stereocenters. The molecule has 0 aliphatic rings. The average Bonchev–Trinajstić information content (AvgIpc) is 2.26. The summed E-state index contributed by atoms with van der Waals surface area (Å²) in [5.74, 6) is -1.53. The first-order valence-electron chi connectivity index (χ1n) is 5.37. The second-order valence-corrected chi connectivity index (χ2v) is 3.75. The number of hydrogen-bond donors (Lipinski definition) is 1. The molecule has 0 spiro atoms. The zero-order valence-corrected chi connectivity index (χ0v) is 9.70. The van der Waals surface area contributed by atoms with Gasteiger partial charge in [-0.15, -0.1) is 0 Å². The Balaban J connectivity index is 2.85. The van der Waals surface area contributed by atoms with Crippen molar-refractivity contribution in [3.05, 3.63) is 29.8 Å². The van der Waals surface area contributed by atoms with E-state index >= 15 is 0 Å². The van der Waals surface area contributed by atoms with Crippen molar-refractivity contribution < 1.29 is 27.8 Å². The summed E-state index contributed by atoms with van der Waals surface area (Å²) in [6.07, 6.45) is -7.49. The van der Waals surface area contributed by atoms with Crippen molar-refractivity contribution in [3.63, 3.8) is 0 Å².